The zero-order valence-electron chi connectivity index (χ0n) is 21.6. The molecule has 3 aromatic carbocycles. The molecule has 1 amide bonds. The lowest BCUT2D eigenvalue weighted by Crippen LogP contribution is -2.39. The van der Waals surface area contributed by atoms with E-state index in [1.165, 1.54) is 42.5 Å². The second-order valence-corrected chi connectivity index (χ2v) is 8.52. The van der Waals surface area contributed by atoms with E-state index < -0.39 is 46.6 Å². The lowest BCUT2D eigenvalue weighted by molar-refractivity contribution is -0.154. The van der Waals surface area contributed by atoms with Crippen molar-refractivity contribution in [1.29, 1.82) is 0 Å². The average molecular weight is 555 g/mol. The number of para-hydroxylation sites is 1. The predicted molar refractivity (Wildman–Crippen MR) is 143 cm³/mol. The van der Waals surface area contributed by atoms with Gasteiger partial charge in [0, 0.05) is 11.1 Å². The summed E-state index contributed by atoms with van der Waals surface area (Å²) >= 11 is 0. The summed E-state index contributed by atoms with van der Waals surface area (Å²) in [5, 5.41) is 2.21. The third kappa shape index (κ3) is 5.81. The third-order valence-corrected chi connectivity index (χ3v) is 6.01. The molecule has 41 heavy (non-hydrogen) atoms. The Labute approximate surface area is 231 Å². The lowest BCUT2D eigenvalue weighted by Gasteiger charge is -2.14. The summed E-state index contributed by atoms with van der Waals surface area (Å²) in [5.41, 5.74) is -1.18. The number of fused-ring (bicyclic) bond motifs is 1. The highest BCUT2D eigenvalue weighted by molar-refractivity contribution is 6.52. The molecular formula is C29H21N3O9. The van der Waals surface area contributed by atoms with Gasteiger partial charge in [0.2, 0.25) is 5.78 Å². The molecule has 12 heteroatoms. The molecule has 2 N–H and O–H groups in total. The van der Waals surface area contributed by atoms with Gasteiger partial charge in [-0.2, -0.15) is 0 Å². The van der Waals surface area contributed by atoms with Crippen molar-refractivity contribution in [2.75, 3.05) is 19.5 Å². The number of amides is 1. The van der Waals surface area contributed by atoms with Gasteiger partial charge < -0.3 is 19.8 Å². The molecule has 1 heterocycles. The molecule has 0 aliphatic heterocycles. The van der Waals surface area contributed by atoms with E-state index in [9.17, 15) is 33.6 Å². The van der Waals surface area contributed by atoms with E-state index in [2.05, 4.69) is 24.8 Å². The minimum Gasteiger partial charge on any atom is -0.465 e. The minimum atomic E-state index is -2.27. The Balaban J connectivity index is 1.73. The van der Waals surface area contributed by atoms with Crippen LogP contribution in [0.15, 0.2) is 77.6 Å². The van der Waals surface area contributed by atoms with Crippen LogP contribution in [0.4, 0.5) is 5.69 Å². The van der Waals surface area contributed by atoms with E-state index in [1.807, 2.05) is 0 Å². The number of nitrogens with one attached hydrogen (secondary N) is 2. The van der Waals surface area contributed by atoms with Gasteiger partial charge in [0.05, 0.1) is 36.5 Å². The van der Waals surface area contributed by atoms with Crippen LogP contribution in [0.5, 0.6) is 0 Å². The molecule has 0 saturated carbocycles. The topological polar surface area (TPSA) is 179 Å². The molecule has 1 atom stereocenters. The number of esters is 2. The Morgan fingerprint density at radius 3 is 2.17 bits per heavy atom. The number of benzene rings is 3. The largest absolute Gasteiger partial charge is 0.465 e. The molecule has 206 valence electrons. The first-order valence-electron chi connectivity index (χ1n) is 11.9. The summed E-state index contributed by atoms with van der Waals surface area (Å²) in [6.07, 6.45) is 0. The minimum absolute atomic E-state index is 0.0659. The molecule has 0 bridgehead atoms. The predicted octanol–water partition coefficient (Wildman–Crippen LogP) is 1.97. The van der Waals surface area contributed by atoms with Crippen molar-refractivity contribution in [1.82, 2.24) is 9.97 Å². The van der Waals surface area contributed by atoms with Crippen LogP contribution >= 0.6 is 0 Å². The SMILES string of the molecule is COC(=O)C(=O)[C@H](C(=O)C(=O)Nc1ccccc1C(=O)OC)c1nc2ccc(C(=O)c3ccccc3)cc2[nH]c1=O. The van der Waals surface area contributed by atoms with Gasteiger partial charge in [-0.1, -0.05) is 42.5 Å². The molecule has 0 aliphatic rings. The van der Waals surface area contributed by atoms with Gasteiger partial charge in [-0.25, -0.2) is 14.6 Å². The summed E-state index contributed by atoms with van der Waals surface area (Å²) in [6, 6.07) is 18.2. The van der Waals surface area contributed by atoms with Gasteiger partial charge in [-0.3, -0.25) is 24.0 Å². The molecule has 0 saturated heterocycles. The van der Waals surface area contributed by atoms with Gasteiger partial charge >= 0.3 is 11.9 Å². The molecule has 4 rings (SSSR count). The molecular weight excluding hydrogens is 534 g/mol. The number of H-pyrrole nitrogens is 1. The number of aromatic amines is 1. The normalized spacial score (nSPS) is 11.3. The molecule has 0 spiro atoms. The van der Waals surface area contributed by atoms with Gasteiger partial charge in [0.25, 0.3) is 17.2 Å². The fourth-order valence-electron chi connectivity index (χ4n) is 3.97. The van der Waals surface area contributed by atoms with E-state index in [-0.39, 0.29) is 33.6 Å². The molecule has 0 fully saturated rings. The molecule has 1 aromatic heterocycles. The van der Waals surface area contributed by atoms with Crippen molar-refractivity contribution in [2.45, 2.75) is 5.92 Å². The summed E-state index contributed by atoms with van der Waals surface area (Å²) in [4.78, 5) is 95.7. The highest BCUT2D eigenvalue weighted by Crippen LogP contribution is 2.21. The third-order valence-electron chi connectivity index (χ3n) is 6.01. The first-order valence-corrected chi connectivity index (χ1v) is 11.9. The van der Waals surface area contributed by atoms with E-state index in [1.54, 1.807) is 30.3 Å². The second-order valence-electron chi connectivity index (χ2n) is 8.52. The van der Waals surface area contributed by atoms with Gasteiger partial charge in [0.1, 0.15) is 11.6 Å². The quantitative estimate of drug-likeness (QED) is 0.134. The highest BCUT2D eigenvalue weighted by Gasteiger charge is 2.40. The standard InChI is InChI=1S/C29H21N3O9/c1-40-28(38)17-10-6-7-11-18(17)31-27(37)24(34)21(25(35)29(39)41-2)22-26(36)32-20-14-16(12-13-19(20)30-22)23(33)15-8-4-3-5-9-15/h3-14,21H,1-2H3,(H,31,37)(H,32,36)/t21-/m0/s1. The van der Waals surface area contributed by atoms with E-state index >= 15 is 0 Å². The zero-order valence-corrected chi connectivity index (χ0v) is 21.6. The summed E-state index contributed by atoms with van der Waals surface area (Å²) in [5.74, 6) is -9.32. The Morgan fingerprint density at radius 2 is 1.49 bits per heavy atom. The Bertz CT molecular complexity index is 1780. The van der Waals surface area contributed by atoms with E-state index in [0.717, 1.165) is 14.2 Å². The van der Waals surface area contributed by atoms with Gasteiger partial charge in [-0.15, -0.1) is 0 Å². The first kappa shape index (κ1) is 28.2. The average Bonchev–Trinajstić information content (AvgIpc) is 3.00. The molecule has 0 aliphatic carbocycles. The molecule has 0 radical (unpaired) electrons. The van der Waals surface area contributed by atoms with Crippen LogP contribution in [0.1, 0.15) is 37.9 Å². The van der Waals surface area contributed by atoms with Crippen LogP contribution in [0, 0.1) is 0 Å². The molecule has 12 nitrogen and oxygen atoms in total. The van der Waals surface area contributed by atoms with Crippen molar-refractivity contribution in [3.05, 3.63) is 106 Å². The number of ether oxygens (including phenoxy) is 2. The number of carbonyl (C=O) groups excluding carboxylic acids is 6. The Hall–Kier alpha value is -5.78. The number of methoxy groups -OCH3 is 2. The van der Waals surface area contributed by atoms with Crippen molar-refractivity contribution >= 4 is 51.9 Å². The van der Waals surface area contributed by atoms with Crippen LogP contribution in [0.25, 0.3) is 11.0 Å². The number of Topliss-reactive ketones (excluding diaryl/α,β-unsaturated/α-hetero) is 2. The Morgan fingerprint density at radius 1 is 0.805 bits per heavy atom. The van der Waals surface area contributed by atoms with Crippen LogP contribution in [0.2, 0.25) is 0 Å². The number of anilines is 1. The van der Waals surface area contributed by atoms with Crippen molar-refractivity contribution in [3.8, 4) is 0 Å². The number of carbonyl (C=O) groups is 6. The number of nitrogens with zero attached hydrogens (tertiary/aromatic N) is 1. The van der Waals surface area contributed by atoms with Crippen LogP contribution in [0.3, 0.4) is 0 Å². The highest BCUT2D eigenvalue weighted by atomic mass is 16.5. The maximum absolute atomic E-state index is 13.3. The van der Waals surface area contributed by atoms with Crippen molar-refractivity contribution < 1.29 is 38.2 Å². The smallest absolute Gasteiger partial charge is 0.375 e. The lowest BCUT2D eigenvalue weighted by atomic mass is 9.94. The van der Waals surface area contributed by atoms with Gasteiger partial charge in [0.15, 0.2) is 5.78 Å². The van der Waals surface area contributed by atoms with Crippen LogP contribution in [-0.4, -0.2) is 59.4 Å². The maximum Gasteiger partial charge on any atom is 0.375 e. The van der Waals surface area contributed by atoms with Crippen molar-refractivity contribution in [2.24, 2.45) is 0 Å². The fourth-order valence-corrected chi connectivity index (χ4v) is 3.97. The van der Waals surface area contributed by atoms with E-state index in [4.69, 9.17) is 0 Å². The number of hydrogen-bond acceptors (Lipinski definition) is 10. The van der Waals surface area contributed by atoms with Crippen molar-refractivity contribution in [3.63, 3.8) is 0 Å². The maximum atomic E-state index is 13.3. The van der Waals surface area contributed by atoms with Gasteiger partial charge in [-0.05, 0) is 30.3 Å². The molecule has 4 aromatic rings. The van der Waals surface area contributed by atoms with E-state index in [0.29, 0.717) is 5.56 Å². The number of ketones is 3. The second kappa shape index (κ2) is 11.9. The monoisotopic (exact) mass is 555 g/mol. The number of hydrogen-bond donors (Lipinski definition) is 2. The first-order chi connectivity index (χ1) is 19.7. The zero-order chi connectivity index (χ0) is 29.7. The summed E-state index contributed by atoms with van der Waals surface area (Å²) < 4.78 is 9.09. The fraction of sp³-hybridized carbons (Fsp3) is 0.103. The van der Waals surface area contributed by atoms with Crippen LogP contribution < -0.4 is 10.9 Å². The summed E-state index contributed by atoms with van der Waals surface area (Å²) in [7, 11) is 2.01. The molecule has 0 unspecified atom stereocenters. The van der Waals surface area contributed by atoms with Crippen LogP contribution in [-0.2, 0) is 28.7 Å². The Kier molecular flexibility index (Phi) is 8.23. The number of aromatic nitrogens is 2. The summed E-state index contributed by atoms with van der Waals surface area (Å²) in [6.45, 7) is 0. The number of rotatable bonds is 9.